The van der Waals surface area contributed by atoms with E-state index in [-0.39, 0.29) is 44.3 Å². The first-order chi connectivity index (χ1) is 15.1. The number of anilines is 2. The maximum Gasteiger partial charge on any atom is 2.00 e. The third-order valence-electron chi connectivity index (χ3n) is 6.34. The van der Waals surface area contributed by atoms with Crippen LogP contribution in [0.25, 0.3) is 0 Å². The molecule has 0 aromatic heterocycles. The summed E-state index contributed by atoms with van der Waals surface area (Å²) < 4.78 is 0. The maximum atomic E-state index is 3.77. The normalized spacial score (nSPS) is 10.9. The van der Waals surface area contributed by atoms with Crippen LogP contribution in [0.3, 0.4) is 0 Å². The number of hydrogen-bond donors (Lipinski definition) is 2. The maximum absolute atomic E-state index is 3.77. The average molecular weight is 610 g/mol. The smallest absolute Gasteiger partial charge is 1.00 e. The minimum Gasteiger partial charge on any atom is -1.00 e. The summed E-state index contributed by atoms with van der Waals surface area (Å²) in [6.07, 6.45) is 0. The van der Waals surface area contributed by atoms with Gasteiger partial charge < -0.3 is 40.3 Å². The molecule has 0 saturated heterocycles. The zero-order valence-corrected chi connectivity index (χ0v) is 26.4. The molecule has 6 heteroatoms. The van der Waals surface area contributed by atoms with Crippen LogP contribution in [0.5, 0.6) is 0 Å². The Morgan fingerprint density at radius 3 is 1.06 bits per heavy atom. The molecule has 0 fully saturated rings. The van der Waals surface area contributed by atoms with E-state index in [1.807, 2.05) is 0 Å². The van der Waals surface area contributed by atoms with E-state index >= 15 is 0 Å². The van der Waals surface area contributed by atoms with E-state index in [1.165, 1.54) is 33.6 Å². The Morgan fingerprint density at radius 2 is 0.829 bits per heavy atom. The Balaban J connectivity index is 0. The fraction of sp³-hybridized carbons (Fsp3) is 0.586. The molecular weight excluding hydrogens is 562 g/mol. The Labute approximate surface area is 241 Å². The summed E-state index contributed by atoms with van der Waals surface area (Å²) in [4.78, 5) is 2.42. The van der Waals surface area contributed by atoms with Crippen LogP contribution in [-0.2, 0) is 19.5 Å². The molecule has 2 aromatic rings. The van der Waals surface area contributed by atoms with E-state index < -0.39 is 0 Å². The molecule has 0 amide bonds. The van der Waals surface area contributed by atoms with Crippen LogP contribution in [0.1, 0.15) is 101 Å². The first-order valence-electron chi connectivity index (χ1n) is 12.5. The minimum atomic E-state index is 0. The molecule has 200 valence electrons. The predicted octanol–water partition coefficient (Wildman–Crippen LogP) is 1.64. The number of nitrogens with one attached hydrogen (secondary N) is 2. The molecule has 0 spiro atoms. The van der Waals surface area contributed by atoms with Crippen LogP contribution in [0, 0.1) is 0 Å². The van der Waals surface area contributed by atoms with Crippen molar-refractivity contribution in [2.24, 2.45) is 0 Å². The van der Waals surface area contributed by atoms with Gasteiger partial charge in [0, 0.05) is 37.6 Å². The van der Waals surface area contributed by atoms with Crippen LogP contribution in [0.2, 0.25) is 0 Å². The van der Waals surface area contributed by atoms with Gasteiger partial charge in [-0.15, -0.1) is 0 Å². The van der Waals surface area contributed by atoms with Gasteiger partial charge in [-0.3, -0.25) is 0 Å². The second-order valence-corrected chi connectivity index (χ2v) is 10.4. The monoisotopic (exact) mass is 609 g/mol. The molecule has 0 unspecified atom stereocenters. The first kappa shape index (κ1) is 36.4. The van der Waals surface area contributed by atoms with Gasteiger partial charge >= 0.3 is 19.5 Å². The second kappa shape index (κ2) is 17.6. The molecule has 0 atom stereocenters. The van der Waals surface area contributed by atoms with Crippen molar-refractivity contribution in [3.63, 3.8) is 0 Å². The van der Waals surface area contributed by atoms with E-state index in [4.69, 9.17) is 0 Å². The molecular formula is C29H47Cl2N3Ru. The fourth-order valence-electron chi connectivity index (χ4n) is 4.37. The fourth-order valence-corrected chi connectivity index (χ4v) is 4.37. The number of halogens is 2. The SMILES string of the molecule is CC(C)c1cccc(C(C)C)c1NCCN(C)CCNc1c(C(C)C)cccc1C(C)C.[Cl-].[Cl-].[Ru+2]. The average Bonchev–Trinajstić information content (AvgIpc) is 2.73. The van der Waals surface area contributed by atoms with Crippen molar-refractivity contribution in [3.05, 3.63) is 58.7 Å². The van der Waals surface area contributed by atoms with E-state index in [0.717, 1.165) is 26.2 Å². The zero-order valence-electron chi connectivity index (χ0n) is 23.2. The molecule has 0 radical (unpaired) electrons. The van der Waals surface area contributed by atoms with Crippen molar-refractivity contribution in [2.75, 3.05) is 43.9 Å². The van der Waals surface area contributed by atoms with Gasteiger partial charge in [0.15, 0.2) is 0 Å². The minimum absolute atomic E-state index is 0. The second-order valence-electron chi connectivity index (χ2n) is 10.4. The van der Waals surface area contributed by atoms with Gasteiger partial charge in [0.25, 0.3) is 0 Å². The number of nitrogens with zero attached hydrogens (tertiary/aromatic N) is 1. The Bertz CT molecular complexity index is 732. The van der Waals surface area contributed by atoms with E-state index in [1.54, 1.807) is 0 Å². The number of likely N-dealkylation sites (N-methyl/N-ethyl adjacent to an activating group) is 1. The van der Waals surface area contributed by atoms with Crippen LogP contribution < -0.4 is 35.4 Å². The summed E-state index contributed by atoms with van der Waals surface area (Å²) in [5.74, 6) is 2.09. The third kappa shape index (κ3) is 10.6. The number of hydrogen-bond acceptors (Lipinski definition) is 3. The molecule has 0 saturated carbocycles. The van der Waals surface area contributed by atoms with Gasteiger partial charge in [0.2, 0.25) is 0 Å². The van der Waals surface area contributed by atoms with Crippen LogP contribution in [-0.4, -0.2) is 38.1 Å². The summed E-state index contributed by atoms with van der Waals surface area (Å²) in [5, 5.41) is 7.54. The molecule has 0 heterocycles. The number of para-hydroxylation sites is 2. The number of rotatable bonds is 12. The molecule has 3 nitrogen and oxygen atoms in total. The predicted molar refractivity (Wildman–Crippen MR) is 144 cm³/mol. The van der Waals surface area contributed by atoms with Crippen LogP contribution in [0.4, 0.5) is 11.4 Å². The molecule has 35 heavy (non-hydrogen) atoms. The van der Waals surface area contributed by atoms with Crippen LogP contribution in [0.15, 0.2) is 36.4 Å². The quantitative estimate of drug-likeness (QED) is 0.359. The molecule has 0 aliphatic heterocycles. The van der Waals surface area contributed by atoms with Gasteiger partial charge in [0.05, 0.1) is 0 Å². The molecule has 0 bridgehead atoms. The van der Waals surface area contributed by atoms with Gasteiger partial charge in [-0.2, -0.15) is 0 Å². The molecule has 0 aliphatic carbocycles. The number of benzene rings is 2. The van der Waals surface area contributed by atoms with Gasteiger partial charge in [0.1, 0.15) is 0 Å². The molecule has 2 aromatic carbocycles. The van der Waals surface area contributed by atoms with Crippen molar-refractivity contribution < 1.29 is 44.3 Å². The van der Waals surface area contributed by atoms with Gasteiger partial charge in [-0.1, -0.05) is 91.8 Å². The van der Waals surface area contributed by atoms with E-state index in [0.29, 0.717) is 23.7 Å². The summed E-state index contributed by atoms with van der Waals surface area (Å²) in [6, 6.07) is 13.5. The van der Waals surface area contributed by atoms with Crippen LogP contribution >= 0.6 is 0 Å². The van der Waals surface area contributed by atoms with Crippen molar-refractivity contribution in [1.29, 1.82) is 0 Å². The Kier molecular flexibility index (Phi) is 18.3. The summed E-state index contributed by atoms with van der Waals surface area (Å²) in [6.45, 7) is 22.2. The largest absolute Gasteiger partial charge is 2.00 e. The topological polar surface area (TPSA) is 27.3 Å². The standard InChI is InChI=1S/C29H47N3.2ClH.Ru/c1-20(2)24-12-10-13-25(21(3)4)28(24)30-16-18-32(9)19-17-31-29-26(22(5)6)14-11-15-27(29)23(7)8;;;/h10-15,20-23,30-31H,16-19H2,1-9H3;2*1H;/q;;;+2/p-2. The summed E-state index contributed by atoms with van der Waals surface area (Å²) >= 11 is 0. The Hall–Kier alpha value is -0.797. The summed E-state index contributed by atoms with van der Waals surface area (Å²) in [5.41, 5.74) is 8.38. The van der Waals surface area contributed by atoms with Crippen molar-refractivity contribution in [2.45, 2.75) is 79.1 Å². The summed E-state index contributed by atoms with van der Waals surface area (Å²) in [7, 11) is 2.22. The molecule has 2 N–H and O–H groups in total. The van der Waals surface area contributed by atoms with Crippen molar-refractivity contribution >= 4 is 11.4 Å². The molecule has 2 rings (SSSR count). The van der Waals surface area contributed by atoms with Gasteiger partial charge in [-0.25, -0.2) is 0 Å². The Morgan fingerprint density at radius 1 is 0.571 bits per heavy atom. The first-order valence-corrected chi connectivity index (χ1v) is 12.5. The van der Waals surface area contributed by atoms with Gasteiger partial charge in [-0.05, 0) is 53.0 Å². The van der Waals surface area contributed by atoms with E-state index in [2.05, 4.69) is 114 Å². The van der Waals surface area contributed by atoms with E-state index in [9.17, 15) is 0 Å². The zero-order chi connectivity index (χ0) is 23.8. The van der Waals surface area contributed by atoms with Crippen molar-refractivity contribution in [3.8, 4) is 0 Å². The van der Waals surface area contributed by atoms with Crippen molar-refractivity contribution in [1.82, 2.24) is 4.90 Å². The third-order valence-corrected chi connectivity index (χ3v) is 6.34. The molecule has 0 aliphatic rings.